The lowest BCUT2D eigenvalue weighted by Gasteiger charge is -2.58. The highest BCUT2D eigenvalue weighted by atomic mass is 32.3. The van der Waals surface area contributed by atoms with Crippen LogP contribution in [0.15, 0.2) is 47.1 Å². The van der Waals surface area contributed by atoms with E-state index in [0.717, 1.165) is 51.4 Å². The Kier molecular flexibility index (Phi) is 10.4. The van der Waals surface area contributed by atoms with E-state index in [9.17, 15) is 27.7 Å². The summed E-state index contributed by atoms with van der Waals surface area (Å²) >= 11 is 0. The number of fused-ring (bicyclic) bond motifs is 4. The summed E-state index contributed by atoms with van der Waals surface area (Å²) in [4.78, 5) is 24.9. The first kappa shape index (κ1) is 35.6. The summed E-state index contributed by atoms with van der Waals surface area (Å²) in [6.45, 7) is 11.1. The summed E-state index contributed by atoms with van der Waals surface area (Å²) in [5.41, 5.74) is 4.64. The van der Waals surface area contributed by atoms with E-state index in [0.29, 0.717) is 47.0 Å². The van der Waals surface area contributed by atoms with Crippen LogP contribution < -0.4 is 10.1 Å². The number of rotatable bonds is 11. The van der Waals surface area contributed by atoms with Crippen LogP contribution in [-0.4, -0.2) is 43.2 Å². The quantitative estimate of drug-likeness (QED) is 0.125. The van der Waals surface area contributed by atoms with Crippen molar-refractivity contribution in [3.63, 3.8) is 0 Å². The van der Waals surface area contributed by atoms with Crippen LogP contribution in [-0.2, 0) is 24.2 Å². The predicted octanol–water partition coefficient (Wildman–Crippen LogP) is 7.46. The number of ether oxygens (including phenoxy) is 1. The van der Waals surface area contributed by atoms with Gasteiger partial charge in [-0.1, -0.05) is 57.0 Å². The highest BCUT2D eigenvalue weighted by molar-refractivity contribution is 7.80. The van der Waals surface area contributed by atoms with Crippen molar-refractivity contribution in [2.24, 2.45) is 40.4 Å². The van der Waals surface area contributed by atoms with Gasteiger partial charge in [-0.2, -0.15) is 8.42 Å². The standard InChI is InChI=1S/C37H53NO8S/c1-22(8-7-9-23(2)34(39)38-33(35(40)41)25-10-12-26(45-6)13-11-25)28-16-17-30-27-14-15-29-24(3)32(46-47(42,43)44)19-21-37(29,5)31(27)18-20-36(28,30)4/h9-13,22,24,28-29,31-33H,7-8,14-21H2,1-6H3,(H,38,39)(H,40,41)(H,42,43,44)/b23-9+/t22-,24+,28-,29?,31?,32+,33+,36-,37+/m1/s1. The molecule has 1 aromatic rings. The monoisotopic (exact) mass is 671 g/mol. The molecule has 3 fully saturated rings. The maximum Gasteiger partial charge on any atom is 0.397 e. The van der Waals surface area contributed by atoms with Gasteiger partial charge in [-0.3, -0.25) is 9.35 Å². The van der Waals surface area contributed by atoms with Crippen molar-refractivity contribution in [3.05, 3.63) is 52.6 Å². The normalized spacial score (nSPS) is 33.7. The van der Waals surface area contributed by atoms with Crippen LogP contribution in [0.2, 0.25) is 0 Å². The van der Waals surface area contributed by atoms with Gasteiger partial charge in [0.05, 0.1) is 13.2 Å². The fraction of sp³-hybridized carbons (Fsp3) is 0.676. The number of hydrogen-bond acceptors (Lipinski definition) is 6. The summed E-state index contributed by atoms with van der Waals surface area (Å²) in [5.74, 6) is 1.13. The molecule has 4 aliphatic rings. The second-order valence-electron chi connectivity index (χ2n) is 15.2. The molecule has 10 heteroatoms. The van der Waals surface area contributed by atoms with Gasteiger partial charge in [0.25, 0.3) is 0 Å². The molecule has 0 saturated heterocycles. The van der Waals surface area contributed by atoms with Crippen molar-refractivity contribution in [2.75, 3.05) is 7.11 Å². The first-order valence-corrected chi connectivity index (χ1v) is 18.7. The van der Waals surface area contributed by atoms with Crippen molar-refractivity contribution < 1.29 is 36.6 Å². The Hall–Kier alpha value is -2.69. The Morgan fingerprint density at radius 1 is 1.09 bits per heavy atom. The predicted molar refractivity (Wildman–Crippen MR) is 180 cm³/mol. The molecule has 2 unspecified atom stereocenters. The van der Waals surface area contributed by atoms with E-state index in [1.54, 1.807) is 49.4 Å². The van der Waals surface area contributed by atoms with Crippen LogP contribution in [0, 0.1) is 40.4 Å². The van der Waals surface area contributed by atoms with Crippen molar-refractivity contribution in [3.8, 4) is 5.75 Å². The van der Waals surface area contributed by atoms with Crippen molar-refractivity contribution in [1.29, 1.82) is 0 Å². The molecule has 3 N–H and O–H groups in total. The number of carbonyl (C=O) groups excluding carboxylic acids is 1. The molecule has 260 valence electrons. The zero-order chi connectivity index (χ0) is 34.3. The number of carboxylic acids is 1. The highest BCUT2D eigenvalue weighted by Gasteiger charge is 2.57. The average Bonchev–Trinajstić information content (AvgIpc) is 3.38. The van der Waals surface area contributed by atoms with Crippen LogP contribution in [0.1, 0.15) is 110 Å². The Morgan fingerprint density at radius 2 is 1.79 bits per heavy atom. The van der Waals surface area contributed by atoms with E-state index in [1.165, 1.54) is 6.42 Å². The lowest BCUT2D eigenvalue weighted by Crippen LogP contribution is -2.52. The summed E-state index contributed by atoms with van der Waals surface area (Å²) in [7, 11) is -2.92. The molecule has 1 aromatic carbocycles. The molecule has 3 saturated carbocycles. The zero-order valence-electron chi connectivity index (χ0n) is 28.8. The van der Waals surface area contributed by atoms with Crippen LogP contribution in [0.3, 0.4) is 0 Å². The lowest BCUT2D eigenvalue weighted by atomic mass is 9.47. The number of benzene rings is 1. The molecule has 1 amide bonds. The summed E-state index contributed by atoms with van der Waals surface area (Å²) < 4.78 is 42.6. The minimum Gasteiger partial charge on any atom is -0.497 e. The SMILES string of the molecule is COc1ccc([C@H](NC(=O)/C(C)=C/CC[C@@H](C)[C@H]2CCC3=C4CCC5[C@H](C)[C@@H](OS(=O)(=O)O)CC[C@]5(C)C4CC[C@@]32C)C(=O)O)cc1. The first-order chi connectivity index (χ1) is 22.1. The van der Waals surface area contributed by atoms with Gasteiger partial charge in [0.15, 0.2) is 6.04 Å². The number of carboxylic acid groups (broad SMARTS) is 1. The van der Waals surface area contributed by atoms with Gasteiger partial charge < -0.3 is 15.2 Å². The summed E-state index contributed by atoms with van der Waals surface area (Å²) in [5, 5.41) is 12.4. The molecular weight excluding hydrogens is 618 g/mol. The van der Waals surface area contributed by atoms with Gasteiger partial charge in [-0.25, -0.2) is 8.98 Å². The van der Waals surface area contributed by atoms with Crippen LogP contribution >= 0.6 is 0 Å². The molecule has 9 nitrogen and oxygen atoms in total. The van der Waals surface area contributed by atoms with E-state index in [2.05, 4.69) is 33.0 Å². The average molecular weight is 672 g/mol. The molecule has 4 aliphatic carbocycles. The molecule has 0 radical (unpaired) electrons. The van der Waals surface area contributed by atoms with E-state index in [-0.39, 0.29) is 22.7 Å². The number of allylic oxidation sites excluding steroid dienone is 3. The highest BCUT2D eigenvalue weighted by Crippen LogP contribution is 2.66. The molecule has 0 aromatic heterocycles. The maximum absolute atomic E-state index is 13.0. The molecule has 0 heterocycles. The van der Waals surface area contributed by atoms with Crippen molar-refractivity contribution in [2.45, 2.75) is 111 Å². The topological polar surface area (TPSA) is 139 Å². The number of hydrogen-bond donors (Lipinski definition) is 3. The number of aliphatic carboxylic acids is 1. The largest absolute Gasteiger partial charge is 0.497 e. The van der Waals surface area contributed by atoms with Gasteiger partial charge in [0, 0.05) is 5.57 Å². The maximum atomic E-state index is 13.0. The third kappa shape index (κ3) is 7.06. The van der Waals surface area contributed by atoms with Crippen molar-refractivity contribution >= 4 is 22.3 Å². The zero-order valence-corrected chi connectivity index (χ0v) is 29.6. The fourth-order valence-corrected chi connectivity index (χ4v) is 10.9. The van der Waals surface area contributed by atoms with Crippen LogP contribution in [0.5, 0.6) is 5.75 Å². The number of nitrogens with one attached hydrogen (secondary N) is 1. The Labute approximate surface area is 280 Å². The van der Waals surface area contributed by atoms with Crippen LogP contribution in [0.4, 0.5) is 0 Å². The number of amides is 1. The van der Waals surface area contributed by atoms with Gasteiger partial charge >= 0.3 is 16.4 Å². The molecule has 0 aliphatic heterocycles. The second kappa shape index (κ2) is 13.7. The Balaban J connectivity index is 1.21. The number of carbonyl (C=O) groups is 2. The van der Waals surface area contributed by atoms with Crippen LogP contribution in [0.25, 0.3) is 0 Å². The van der Waals surface area contributed by atoms with E-state index in [1.807, 2.05) is 6.08 Å². The second-order valence-corrected chi connectivity index (χ2v) is 16.3. The molecular formula is C37H53NO8S. The van der Waals surface area contributed by atoms with E-state index in [4.69, 9.17) is 8.92 Å². The van der Waals surface area contributed by atoms with Gasteiger partial charge in [0.1, 0.15) is 5.75 Å². The molecule has 47 heavy (non-hydrogen) atoms. The summed E-state index contributed by atoms with van der Waals surface area (Å²) in [6, 6.07) is 5.52. The minimum atomic E-state index is -4.47. The third-order valence-corrected chi connectivity index (χ3v) is 13.4. The van der Waals surface area contributed by atoms with Crippen molar-refractivity contribution in [1.82, 2.24) is 5.32 Å². The molecule has 9 atom stereocenters. The first-order valence-electron chi connectivity index (χ1n) is 17.3. The van der Waals surface area contributed by atoms with E-state index >= 15 is 0 Å². The van der Waals surface area contributed by atoms with Gasteiger partial charge in [0.2, 0.25) is 5.91 Å². The third-order valence-electron chi connectivity index (χ3n) is 12.9. The number of methoxy groups -OCH3 is 1. The Morgan fingerprint density at radius 3 is 2.43 bits per heavy atom. The minimum absolute atomic E-state index is 0.0722. The molecule has 5 rings (SSSR count). The molecule has 0 bridgehead atoms. The van der Waals surface area contributed by atoms with E-state index < -0.39 is 28.5 Å². The lowest BCUT2D eigenvalue weighted by molar-refractivity contribution is -0.141. The smallest absolute Gasteiger partial charge is 0.397 e. The van der Waals surface area contributed by atoms with Gasteiger partial charge in [-0.05, 0) is 129 Å². The summed E-state index contributed by atoms with van der Waals surface area (Å²) in [6.07, 6.45) is 11.5. The fourth-order valence-electron chi connectivity index (χ4n) is 10.4. The van der Waals surface area contributed by atoms with Gasteiger partial charge in [-0.15, -0.1) is 0 Å². The molecule has 0 spiro atoms. The Bertz CT molecular complexity index is 1520.